The molecule has 0 saturated heterocycles. The minimum absolute atomic E-state index is 0.00461. The molecule has 35 heavy (non-hydrogen) atoms. The highest BCUT2D eigenvalue weighted by Crippen LogP contribution is 2.44. The first kappa shape index (κ1) is 26.6. The predicted octanol–water partition coefficient (Wildman–Crippen LogP) is 4.61. The molecule has 0 aromatic heterocycles. The van der Waals surface area contributed by atoms with Gasteiger partial charge in [0.05, 0.1) is 0 Å². The average molecular weight is 499 g/mol. The lowest BCUT2D eigenvalue weighted by Gasteiger charge is -2.32. The van der Waals surface area contributed by atoms with E-state index in [2.05, 4.69) is 29.6 Å². The van der Waals surface area contributed by atoms with Gasteiger partial charge < -0.3 is 20.1 Å². The maximum Gasteiger partial charge on any atom is 0.407 e. The zero-order valence-electron chi connectivity index (χ0n) is 20.7. The first-order chi connectivity index (χ1) is 16.6. The Morgan fingerprint density at radius 1 is 1.06 bits per heavy atom. The summed E-state index contributed by atoms with van der Waals surface area (Å²) in [7, 11) is 0. The Labute approximate surface area is 211 Å². The number of carboxylic acid groups (broad SMARTS) is 1. The van der Waals surface area contributed by atoms with Crippen LogP contribution < -0.4 is 5.32 Å². The molecule has 0 radical (unpaired) electrons. The van der Waals surface area contributed by atoms with Crippen LogP contribution in [0.2, 0.25) is 0 Å². The molecule has 1 aliphatic rings. The van der Waals surface area contributed by atoms with E-state index in [0.717, 1.165) is 22.3 Å². The summed E-state index contributed by atoms with van der Waals surface area (Å²) < 4.78 is 5.66. The molecule has 0 aliphatic heterocycles. The van der Waals surface area contributed by atoms with Gasteiger partial charge in [-0.1, -0.05) is 69.3 Å². The van der Waals surface area contributed by atoms with E-state index in [1.165, 1.54) is 4.90 Å². The number of hydrogen-bond acceptors (Lipinski definition) is 5. The summed E-state index contributed by atoms with van der Waals surface area (Å²) in [6.45, 7) is 5.95. The first-order valence-electron chi connectivity index (χ1n) is 11.7. The third-order valence-electron chi connectivity index (χ3n) is 6.30. The van der Waals surface area contributed by atoms with Crippen LogP contribution in [0, 0.1) is 5.41 Å². The monoisotopic (exact) mass is 498 g/mol. The van der Waals surface area contributed by atoms with Crippen molar-refractivity contribution in [3.8, 4) is 11.1 Å². The lowest BCUT2D eigenvalue weighted by atomic mass is 9.84. The van der Waals surface area contributed by atoms with Crippen LogP contribution in [0.5, 0.6) is 0 Å². The van der Waals surface area contributed by atoms with E-state index < -0.39 is 23.5 Å². The van der Waals surface area contributed by atoms with E-state index in [0.29, 0.717) is 12.3 Å². The summed E-state index contributed by atoms with van der Waals surface area (Å²) in [5.74, 6) is -0.781. The minimum atomic E-state index is -1.06. The molecule has 2 aromatic carbocycles. The Morgan fingerprint density at radius 2 is 1.63 bits per heavy atom. The van der Waals surface area contributed by atoms with Crippen molar-refractivity contribution >= 4 is 29.7 Å². The Hall–Kier alpha value is -3.00. The van der Waals surface area contributed by atoms with Gasteiger partial charge >= 0.3 is 12.1 Å². The van der Waals surface area contributed by atoms with Crippen molar-refractivity contribution in [1.29, 1.82) is 0 Å². The molecule has 1 aliphatic carbocycles. The molecule has 7 nitrogen and oxygen atoms in total. The van der Waals surface area contributed by atoms with Crippen molar-refractivity contribution in [3.63, 3.8) is 0 Å². The zero-order chi connectivity index (χ0) is 25.6. The summed E-state index contributed by atoms with van der Waals surface area (Å²) in [5.41, 5.74) is 4.12. The fourth-order valence-corrected chi connectivity index (χ4v) is 4.72. The number of rotatable bonds is 10. The normalized spacial score (nSPS) is 13.5. The Kier molecular flexibility index (Phi) is 8.83. The highest BCUT2D eigenvalue weighted by molar-refractivity contribution is 7.98. The lowest BCUT2D eigenvalue weighted by molar-refractivity contribution is -0.144. The fourth-order valence-electron chi connectivity index (χ4n) is 4.32. The molecular formula is C27H34N2O5S. The number of hydrogen-bond donors (Lipinski definition) is 2. The number of carbonyl (C=O) groups excluding carboxylic acids is 2. The number of nitrogens with zero attached hydrogens (tertiary/aromatic N) is 1. The second kappa shape index (κ2) is 11.6. The highest BCUT2D eigenvalue weighted by Gasteiger charge is 2.33. The van der Waals surface area contributed by atoms with Crippen molar-refractivity contribution in [2.75, 3.05) is 31.7 Å². The van der Waals surface area contributed by atoms with Gasteiger partial charge in [0.1, 0.15) is 13.2 Å². The largest absolute Gasteiger partial charge is 0.480 e. The predicted molar refractivity (Wildman–Crippen MR) is 139 cm³/mol. The van der Waals surface area contributed by atoms with Crippen LogP contribution >= 0.6 is 11.8 Å². The second-order valence-corrected chi connectivity index (χ2v) is 10.8. The van der Waals surface area contributed by atoms with Gasteiger partial charge in [-0.3, -0.25) is 9.59 Å². The smallest absolute Gasteiger partial charge is 0.407 e. The van der Waals surface area contributed by atoms with Gasteiger partial charge in [-0.2, -0.15) is 11.8 Å². The summed E-state index contributed by atoms with van der Waals surface area (Å²) in [6, 6.07) is 15.7. The van der Waals surface area contributed by atoms with Crippen molar-refractivity contribution < 1.29 is 24.2 Å². The van der Waals surface area contributed by atoms with E-state index >= 15 is 0 Å². The third-order valence-corrected chi connectivity index (χ3v) is 6.89. The first-order valence-corrected chi connectivity index (χ1v) is 13.1. The molecule has 2 N–H and O–H groups in total. The number of alkyl carbamates (subject to hydrolysis) is 1. The minimum Gasteiger partial charge on any atom is -0.480 e. The summed E-state index contributed by atoms with van der Waals surface area (Å²) in [4.78, 5) is 38.3. The van der Waals surface area contributed by atoms with Crippen LogP contribution in [-0.2, 0) is 14.3 Å². The van der Waals surface area contributed by atoms with E-state index in [4.69, 9.17) is 4.74 Å². The second-order valence-electron chi connectivity index (χ2n) is 9.79. The molecule has 3 rings (SSSR count). The molecule has 0 bridgehead atoms. The maximum atomic E-state index is 12.9. The van der Waals surface area contributed by atoms with Gasteiger partial charge in [0.25, 0.3) is 0 Å². The van der Waals surface area contributed by atoms with Crippen molar-refractivity contribution in [1.82, 2.24) is 10.2 Å². The number of fused-ring (bicyclic) bond motifs is 3. The highest BCUT2D eigenvalue weighted by atomic mass is 32.2. The lowest BCUT2D eigenvalue weighted by Crippen LogP contribution is -2.48. The molecule has 8 heteroatoms. The van der Waals surface area contributed by atoms with E-state index in [1.807, 2.05) is 51.3 Å². The Bertz CT molecular complexity index is 1020. The molecule has 0 saturated carbocycles. The Morgan fingerprint density at radius 3 is 2.14 bits per heavy atom. The molecule has 1 atom stereocenters. The van der Waals surface area contributed by atoms with E-state index in [1.54, 1.807) is 11.8 Å². The number of carbonyl (C=O) groups is 3. The van der Waals surface area contributed by atoms with Crippen LogP contribution in [0.15, 0.2) is 48.5 Å². The van der Waals surface area contributed by atoms with Crippen molar-refractivity contribution in [2.24, 2.45) is 5.41 Å². The maximum absolute atomic E-state index is 12.9. The van der Waals surface area contributed by atoms with E-state index in [-0.39, 0.29) is 31.4 Å². The SMILES string of the molecule is CSCCN(CC(=O)O)C(=O)CC(NC(=O)OCC1c2ccccc2-c2ccccc21)C(C)(C)C. The summed E-state index contributed by atoms with van der Waals surface area (Å²) in [5, 5.41) is 12.1. The van der Waals surface area contributed by atoms with Crippen LogP contribution in [0.1, 0.15) is 44.2 Å². The summed E-state index contributed by atoms with van der Waals surface area (Å²) in [6.07, 6.45) is 1.31. The van der Waals surface area contributed by atoms with Gasteiger partial charge in [0.2, 0.25) is 5.91 Å². The number of nitrogens with one attached hydrogen (secondary N) is 1. The quantitative estimate of drug-likeness (QED) is 0.497. The number of aliphatic carboxylic acids is 1. The number of benzene rings is 2. The number of amides is 2. The fraction of sp³-hybridized carbons (Fsp3) is 0.444. The molecule has 188 valence electrons. The topological polar surface area (TPSA) is 95.9 Å². The van der Waals surface area contributed by atoms with Crippen LogP contribution in [0.4, 0.5) is 4.79 Å². The average Bonchev–Trinajstić information content (AvgIpc) is 3.13. The zero-order valence-corrected chi connectivity index (χ0v) is 21.6. The van der Waals surface area contributed by atoms with E-state index in [9.17, 15) is 19.5 Å². The van der Waals surface area contributed by atoms with Crippen molar-refractivity contribution in [2.45, 2.75) is 39.2 Å². The number of thioether (sulfide) groups is 1. The van der Waals surface area contributed by atoms with Gasteiger partial charge in [-0.05, 0) is 33.9 Å². The standard InChI is InChI=1S/C27H34N2O5S/c1-27(2,3)23(15-24(30)29(13-14-35-4)16-25(31)32)28-26(33)34-17-22-20-11-7-5-9-18(20)19-10-6-8-12-21(19)22/h5-12,22-23H,13-17H2,1-4H3,(H,28,33)(H,31,32). The molecule has 0 fully saturated rings. The van der Waals surface area contributed by atoms with Gasteiger partial charge in [-0.15, -0.1) is 0 Å². The third kappa shape index (κ3) is 6.78. The van der Waals surface area contributed by atoms with Crippen molar-refractivity contribution in [3.05, 3.63) is 59.7 Å². The van der Waals surface area contributed by atoms with Gasteiger partial charge in [-0.25, -0.2) is 4.79 Å². The summed E-state index contributed by atoms with van der Waals surface area (Å²) >= 11 is 1.54. The number of ether oxygens (including phenoxy) is 1. The molecule has 0 heterocycles. The number of carboxylic acids is 1. The van der Waals surface area contributed by atoms with Gasteiger partial charge in [0.15, 0.2) is 0 Å². The molecule has 2 amide bonds. The molecule has 0 spiro atoms. The molecule has 1 unspecified atom stereocenters. The van der Waals surface area contributed by atoms with Crippen LogP contribution in [0.25, 0.3) is 11.1 Å². The molecule has 2 aromatic rings. The molecular weight excluding hydrogens is 464 g/mol. The van der Waals surface area contributed by atoms with Crippen LogP contribution in [-0.4, -0.2) is 65.7 Å². The Balaban J connectivity index is 1.66. The van der Waals surface area contributed by atoms with Crippen LogP contribution in [0.3, 0.4) is 0 Å². The van der Waals surface area contributed by atoms with Gasteiger partial charge in [0, 0.05) is 30.7 Å².